The molecule has 0 unspecified atom stereocenters. The number of aromatic nitrogens is 2. The zero-order valence-electron chi connectivity index (χ0n) is 11.6. The minimum atomic E-state index is 0.445. The molecule has 0 saturated heterocycles. The lowest BCUT2D eigenvalue weighted by atomic mass is 10.2. The summed E-state index contributed by atoms with van der Waals surface area (Å²) in [5, 5.41) is 4.54. The van der Waals surface area contributed by atoms with E-state index in [-0.39, 0.29) is 0 Å². The van der Waals surface area contributed by atoms with Crippen molar-refractivity contribution >= 4 is 0 Å². The van der Waals surface area contributed by atoms with Crippen LogP contribution in [0.1, 0.15) is 31.0 Å². The van der Waals surface area contributed by atoms with Crippen molar-refractivity contribution in [2.24, 2.45) is 5.73 Å². The van der Waals surface area contributed by atoms with Crippen molar-refractivity contribution in [3.63, 3.8) is 0 Å². The average Bonchev–Trinajstić information content (AvgIpc) is 2.76. The zero-order chi connectivity index (χ0) is 13.7. The molecule has 0 amide bonds. The monoisotopic (exact) mass is 259 g/mol. The summed E-state index contributed by atoms with van der Waals surface area (Å²) in [7, 11) is 0. The second-order valence-corrected chi connectivity index (χ2v) is 4.52. The van der Waals surface area contributed by atoms with Crippen LogP contribution in [0.3, 0.4) is 0 Å². The molecule has 0 spiro atoms. The third kappa shape index (κ3) is 2.96. The molecule has 4 heteroatoms. The third-order valence-electron chi connectivity index (χ3n) is 3.08. The largest absolute Gasteiger partial charge is 0.477 e. The summed E-state index contributed by atoms with van der Waals surface area (Å²) >= 11 is 0. The fourth-order valence-corrected chi connectivity index (χ4v) is 1.98. The predicted octanol–water partition coefficient (Wildman–Crippen LogP) is 2.82. The first-order chi connectivity index (χ1) is 9.27. The van der Waals surface area contributed by atoms with Gasteiger partial charge in [0.25, 0.3) is 0 Å². The maximum absolute atomic E-state index is 5.90. The minimum absolute atomic E-state index is 0.445. The molecule has 0 aliphatic rings. The van der Waals surface area contributed by atoms with Gasteiger partial charge in [0.1, 0.15) is 0 Å². The van der Waals surface area contributed by atoms with E-state index in [0.29, 0.717) is 13.2 Å². The number of ether oxygens (including phenoxy) is 1. The summed E-state index contributed by atoms with van der Waals surface area (Å²) in [4.78, 5) is 0. The van der Waals surface area contributed by atoms with Crippen molar-refractivity contribution in [3.8, 4) is 11.6 Å². The highest BCUT2D eigenvalue weighted by molar-refractivity contribution is 5.41. The highest BCUT2D eigenvalue weighted by atomic mass is 16.5. The van der Waals surface area contributed by atoms with Gasteiger partial charge in [0, 0.05) is 6.54 Å². The van der Waals surface area contributed by atoms with Crippen molar-refractivity contribution in [2.75, 3.05) is 6.61 Å². The second-order valence-electron chi connectivity index (χ2n) is 4.52. The van der Waals surface area contributed by atoms with Crippen molar-refractivity contribution in [1.82, 2.24) is 9.78 Å². The van der Waals surface area contributed by atoms with E-state index in [1.807, 2.05) is 41.9 Å². The van der Waals surface area contributed by atoms with Crippen LogP contribution in [0.4, 0.5) is 0 Å². The predicted molar refractivity (Wildman–Crippen MR) is 76.6 cm³/mol. The second kappa shape index (κ2) is 6.38. The Morgan fingerprint density at radius 3 is 2.63 bits per heavy atom. The van der Waals surface area contributed by atoms with Crippen LogP contribution >= 0.6 is 0 Å². The number of para-hydroxylation sites is 1. The first-order valence-electron chi connectivity index (χ1n) is 6.74. The molecule has 0 saturated carbocycles. The molecule has 4 nitrogen and oxygen atoms in total. The maximum Gasteiger partial charge on any atom is 0.221 e. The lowest BCUT2D eigenvalue weighted by molar-refractivity contribution is 0.286. The van der Waals surface area contributed by atoms with Crippen LogP contribution in [-0.4, -0.2) is 16.4 Å². The zero-order valence-corrected chi connectivity index (χ0v) is 11.6. The summed E-state index contributed by atoms with van der Waals surface area (Å²) in [6.07, 6.45) is 2.14. The first kappa shape index (κ1) is 13.6. The van der Waals surface area contributed by atoms with Crippen molar-refractivity contribution in [3.05, 3.63) is 41.6 Å². The SMILES string of the molecule is CCCCOc1c(CN)c(C)nn1-c1ccccc1. The van der Waals surface area contributed by atoms with Gasteiger partial charge in [-0.3, -0.25) is 0 Å². The molecule has 102 valence electrons. The molecule has 1 heterocycles. The first-order valence-corrected chi connectivity index (χ1v) is 6.74. The summed E-state index contributed by atoms with van der Waals surface area (Å²) in [5.41, 5.74) is 8.73. The Bertz CT molecular complexity index is 520. The Balaban J connectivity index is 2.37. The van der Waals surface area contributed by atoms with Gasteiger partial charge in [-0.2, -0.15) is 5.10 Å². The fraction of sp³-hybridized carbons (Fsp3) is 0.400. The Morgan fingerprint density at radius 1 is 1.26 bits per heavy atom. The van der Waals surface area contributed by atoms with E-state index in [9.17, 15) is 0 Å². The van der Waals surface area contributed by atoms with Gasteiger partial charge < -0.3 is 10.5 Å². The van der Waals surface area contributed by atoms with Crippen LogP contribution in [-0.2, 0) is 6.54 Å². The Kier molecular flexibility index (Phi) is 4.58. The third-order valence-corrected chi connectivity index (χ3v) is 3.08. The van der Waals surface area contributed by atoms with Crippen LogP contribution in [0, 0.1) is 6.92 Å². The molecule has 0 fully saturated rings. The van der Waals surface area contributed by atoms with E-state index in [4.69, 9.17) is 10.5 Å². The van der Waals surface area contributed by atoms with E-state index < -0.39 is 0 Å². The number of unbranched alkanes of at least 4 members (excludes halogenated alkanes) is 1. The molecule has 0 atom stereocenters. The van der Waals surface area contributed by atoms with Gasteiger partial charge in [-0.05, 0) is 25.5 Å². The van der Waals surface area contributed by atoms with Crippen LogP contribution in [0.5, 0.6) is 5.88 Å². The molecule has 1 aromatic carbocycles. The highest BCUT2D eigenvalue weighted by Gasteiger charge is 2.16. The van der Waals surface area contributed by atoms with Crippen molar-refractivity contribution in [2.45, 2.75) is 33.2 Å². The lowest BCUT2D eigenvalue weighted by Crippen LogP contribution is -2.07. The van der Waals surface area contributed by atoms with Gasteiger partial charge in [-0.15, -0.1) is 0 Å². The van der Waals surface area contributed by atoms with Crippen LogP contribution < -0.4 is 10.5 Å². The maximum atomic E-state index is 5.90. The van der Waals surface area contributed by atoms with Gasteiger partial charge >= 0.3 is 0 Å². The Morgan fingerprint density at radius 2 is 2.00 bits per heavy atom. The number of benzene rings is 1. The Hall–Kier alpha value is -1.81. The van der Waals surface area contributed by atoms with Gasteiger partial charge in [-0.1, -0.05) is 31.5 Å². The molecule has 2 rings (SSSR count). The topological polar surface area (TPSA) is 53.1 Å². The van der Waals surface area contributed by atoms with E-state index >= 15 is 0 Å². The number of hydrogen-bond acceptors (Lipinski definition) is 3. The number of rotatable bonds is 6. The van der Waals surface area contributed by atoms with E-state index in [1.165, 1.54) is 0 Å². The summed E-state index contributed by atoms with van der Waals surface area (Å²) < 4.78 is 7.74. The van der Waals surface area contributed by atoms with Gasteiger partial charge in [0.2, 0.25) is 5.88 Å². The van der Waals surface area contributed by atoms with Gasteiger partial charge in [0.05, 0.1) is 23.6 Å². The average molecular weight is 259 g/mol. The molecule has 2 aromatic rings. The van der Waals surface area contributed by atoms with E-state index in [0.717, 1.165) is 35.7 Å². The molecule has 0 bridgehead atoms. The molecular formula is C15H21N3O. The van der Waals surface area contributed by atoms with Gasteiger partial charge in [-0.25, -0.2) is 4.68 Å². The number of nitrogens with two attached hydrogens (primary N) is 1. The smallest absolute Gasteiger partial charge is 0.221 e. The fourth-order valence-electron chi connectivity index (χ4n) is 1.98. The summed E-state index contributed by atoms with van der Waals surface area (Å²) in [6, 6.07) is 9.99. The van der Waals surface area contributed by atoms with Crippen molar-refractivity contribution < 1.29 is 4.74 Å². The molecular weight excluding hydrogens is 238 g/mol. The quantitative estimate of drug-likeness (QED) is 0.812. The summed E-state index contributed by atoms with van der Waals surface area (Å²) in [5.74, 6) is 0.777. The van der Waals surface area contributed by atoms with Crippen LogP contribution in [0.2, 0.25) is 0 Å². The van der Waals surface area contributed by atoms with Crippen LogP contribution in [0.15, 0.2) is 30.3 Å². The van der Waals surface area contributed by atoms with E-state index in [2.05, 4.69) is 12.0 Å². The number of aryl methyl sites for hydroxylation is 1. The highest BCUT2D eigenvalue weighted by Crippen LogP contribution is 2.25. The van der Waals surface area contributed by atoms with E-state index in [1.54, 1.807) is 0 Å². The molecule has 19 heavy (non-hydrogen) atoms. The molecule has 1 aromatic heterocycles. The lowest BCUT2D eigenvalue weighted by Gasteiger charge is -2.10. The standard InChI is InChI=1S/C15H21N3O/c1-3-4-10-19-15-14(11-16)12(2)17-18(15)13-8-6-5-7-9-13/h5-9H,3-4,10-11,16H2,1-2H3. The number of nitrogens with zero attached hydrogens (tertiary/aromatic N) is 2. The van der Waals surface area contributed by atoms with Gasteiger partial charge in [0.15, 0.2) is 0 Å². The molecule has 0 radical (unpaired) electrons. The minimum Gasteiger partial charge on any atom is -0.477 e. The normalized spacial score (nSPS) is 10.7. The number of hydrogen-bond donors (Lipinski definition) is 1. The molecule has 2 N–H and O–H groups in total. The van der Waals surface area contributed by atoms with Crippen molar-refractivity contribution in [1.29, 1.82) is 0 Å². The molecule has 0 aliphatic heterocycles. The van der Waals surface area contributed by atoms with Crippen LogP contribution in [0.25, 0.3) is 5.69 Å². The Labute approximate surface area is 114 Å². The summed E-state index contributed by atoms with van der Waals surface area (Å²) in [6.45, 7) is 5.25. The molecule has 0 aliphatic carbocycles.